The highest BCUT2D eigenvalue weighted by atomic mass is 32.2. The molecule has 1 aromatic rings. The van der Waals surface area contributed by atoms with Gasteiger partial charge < -0.3 is 14.6 Å². The maximum Gasteiger partial charge on any atom is 0.412 e. The minimum Gasteiger partial charge on any atom is -0.444 e. The molecule has 1 saturated carbocycles. The van der Waals surface area contributed by atoms with Gasteiger partial charge in [-0.2, -0.15) is 8.42 Å². The normalized spacial score (nSPS) is 23.9. The summed E-state index contributed by atoms with van der Waals surface area (Å²) in [5.74, 6) is -0.0767. The van der Waals surface area contributed by atoms with Crippen molar-refractivity contribution in [2.24, 2.45) is 11.8 Å². The Bertz CT molecular complexity index is 1040. The minimum atomic E-state index is -3.99. The number of hydrogen-bond acceptors (Lipinski definition) is 7. The second-order valence-corrected chi connectivity index (χ2v) is 14.4. The molecule has 0 bridgehead atoms. The number of hydrogen-bond donors (Lipinski definition) is 1. The van der Waals surface area contributed by atoms with Crippen LogP contribution >= 0.6 is 0 Å². The van der Waals surface area contributed by atoms with Crippen molar-refractivity contribution in [3.63, 3.8) is 0 Å². The summed E-state index contributed by atoms with van der Waals surface area (Å²) < 4.78 is 43.5. The molecule has 0 unspecified atom stereocenters. The van der Waals surface area contributed by atoms with Gasteiger partial charge in [-0.25, -0.2) is 4.79 Å². The van der Waals surface area contributed by atoms with Crippen LogP contribution in [0.5, 0.6) is 0 Å². The zero-order valence-corrected chi connectivity index (χ0v) is 25.6. The first-order valence-corrected chi connectivity index (χ1v) is 15.9. The Hall–Kier alpha value is -1.68. The molecule has 39 heavy (non-hydrogen) atoms. The summed E-state index contributed by atoms with van der Waals surface area (Å²) >= 11 is 0. The predicted molar refractivity (Wildman–Crippen MR) is 151 cm³/mol. The Morgan fingerprint density at radius 3 is 2.33 bits per heavy atom. The van der Waals surface area contributed by atoms with Crippen LogP contribution < -0.4 is 0 Å². The highest BCUT2D eigenvalue weighted by Gasteiger charge is 2.54. The van der Waals surface area contributed by atoms with Crippen molar-refractivity contribution < 1.29 is 32.0 Å². The summed E-state index contributed by atoms with van der Waals surface area (Å²) in [5.41, 5.74) is -0.728. The molecule has 8 nitrogen and oxygen atoms in total. The van der Waals surface area contributed by atoms with Crippen LogP contribution in [-0.2, 0) is 23.8 Å². The number of benzene rings is 1. The fourth-order valence-corrected chi connectivity index (χ4v) is 6.88. The zero-order chi connectivity index (χ0) is 29.0. The maximum atomic E-state index is 13.5. The molecular weight excluding hydrogens is 518 g/mol. The summed E-state index contributed by atoms with van der Waals surface area (Å²) in [6.45, 7) is 12.9. The maximum absolute atomic E-state index is 13.5. The van der Waals surface area contributed by atoms with E-state index in [4.69, 9.17) is 13.7 Å². The Balaban J connectivity index is 1.85. The van der Waals surface area contributed by atoms with Gasteiger partial charge in [0, 0.05) is 5.92 Å². The van der Waals surface area contributed by atoms with Crippen LogP contribution in [0.25, 0.3) is 0 Å². The summed E-state index contributed by atoms with van der Waals surface area (Å²) in [5, 5.41) is 11.7. The predicted octanol–water partition coefficient (Wildman–Crippen LogP) is 6.19. The highest BCUT2D eigenvalue weighted by molar-refractivity contribution is 7.86. The lowest BCUT2D eigenvalue weighted by Gasteiger charge is -2.37. The number of nitrogens with zero attached hydrogens (tertiary/aromatic N) is 1. The number of aliphatic hydroxyl groups is 1. The molecule has 0 radical (unpaired) electrons. The lowest BCUT2D eigenvalue weighted by atomic mass is 9.81. The number of carbonyl (C=O) groups excluding carboxylic acids is 1. The fraction of sp³-hybridized carbons (Fsp3) is 0.767. The second kappa shape index (κ2) is 12.9. The van der Waals surface area contributed by atoms with Gasteiger partial charge in [-0.05, 0) is 72.4 Å². The first-order chi connectivity index (χ1) is 18.1. The van der Waals surface area contributed by atoms with E-state index in [1.807, 2.05) is 48.5 Å². The number of amides is 1. The van der Waals surface area contributed by atoms with Gasteiger partial charge in [-0.3, -0.25) is 9.08 Å². The number of aryl methyl sites for hydroxylation is 1. The van der Waals surface area contributed by atoms with Crippen molar-refractivity contribution >= 4 is 16.2 Å². The first kappa shape index (κ1) is 31.8. The van der Waals surface area contributed by atoms with E-state index in [9.17, 15) is 18.3 Å². The van der Waals surface area contributed by atoms with E-state index >= 15 is 0 Å². The monoisotopic (exact) mass is 567 g/mol. The smallest absolute Gasteiger partial charge is 0.412 e. The lowest BCUT2D eigenvalue weighted by Crippen LogP contribution is -2.52. The van der Waals surface area contributed by atoms with Crippen molar-refractivity contribution in [1.29, 1.82) is 0 Å². The lowest BCUT2D eigenvalue weighted by molar-refractivity contribution is -0.116. The average Bonchev–Trinajstić information content (AvgIpc) is 3.11. The van der Waals surface area contributed by atoms with E-state index in [-0.39, 0.29) is 11.5 Å². The van der Waals surface area contributed by atoms with Crippen molar-refractivity contribution in [1.82, 2.24) is 4.90 Å². The minimum absolute atomic E-state index is 0.0855. The van der Waals surface area contributed by atoms with Gasteiger partial charge in [-0.15, -0.1) is 0 Å². The van der Waals surface area contributed by atoms with Crippen molar-refractivity contribution in [2.75, 3.05) is 6.61 Å². The third-order valence-corrected chi connectivity index (χ3v) is 9.13. The molecular formula is C30H49NO7S. The molecule has 1 aliphatic carbocycles. The van der Waals surface area contributed by atoms with Gasteiger partial charge in [0.05, 0.1) is 23.6 Å². The van der Waals surface area contributed by atoms with Crippen LogP contribution in [0.3, 0.4) is 0 Å². The van der Waals surface area contributed by atoms with E-state index < -0.39 is 51.7 Å². The molecule has 2 aliphatic rings. The number of carbonyl (C=O) groups is 1. The van der Waals surface area contributed by atoms with Crippen molar-refractivity contribution in [2.45, 2.75) is 134 Å². The Morgan fingerprint density at radius 2 is 1.77 bits per heavy atom. The van der Waals surface area contributed by atoms with E-state index in [0.717, 1.165) is 37.7 Å². The Morgan fingerprint density at radius 1 is 1.15 bits per heavy atom. The molecule has 2 fully saturated rings. The summed E-state index contributed by atoms with van der Waals surface area (Å²) in [6, 6.07) is 6.10. The number of rotatable bonds is 10. The molecule has 3 rings (SSSR count). The highest BCUT2D eigenvalue weighted by Crippen LogP contribution is 2.41. The third-order valence-electron chi connectivity index (χ3n) is 7.83. The fourth-order valence-electron chi connectivity index (χ4n) is 5.92. The molecule has 1 heterocycles. The summed E-state index contributed by atoms with van der Waals surface area (Å²) in [6.07, 6.45) is 5.49. The second-order valence-electron chi connectivity index (χ2n) is 12.8. The largest absolute Gasteiger partial charge is 0.444 e. The Kier molecular flexibility index (Phi) is 10.5. The standard InChI is InChI=1S/C30H49NO7S/c1-8-12-23(20-36-39(34,35)24-17-15-21(2)16-18-24)26(32)27-25(19-22-13-10-9-11-14-22)31(30(6,7)37-27)28(33)38-29(3,4)5/h15-18,22-23,25-27,32H,8-14,19-20H2,1-7H3/t23-,25-,26-,27+/m0/s1. The molecule has 1 aliphatic heterocycles. The topological polar surface area (TPSA) is 102 Å². The van der Waals surface area contributed by atoms with Crippen LogP contribution in [0.15, 0.2) is 29.2 Å². The number of aliphatic hydroxyl groups excluding tert-OH is 1. The number of ether oxygens (including phenoxy) is 2. The molecule has 1 amide bonds. The quantitative estimate of drug-likeness (QED) is 0.336. The molecule has 1 saturated heterocycles. The van der Waals surface area contributed by atoms with Gasteiger partial charge in [0.1, 0.15) is 17.4 Å². The zero-order valence-electron chi connectivity index (χ0n) is 24.8. The van der Waals surface area contributed by atoms with Gasteiger partial charge in [-0.1, -0.05) is 63.1 Å². The molecule has 0 aromatic heterocycles. The molecule has 4 atom stereocenters. The molecule has 0 spiro atoms. The van der Waals surface area contributed by atoms with Crippen LogP contribution in [0, 0.1) is 18.8 Å². The molecule has 9 heteroatoms. The van der Waals surface area contributed by atoms with Crippen LogP contribution in [0.1, 0.15) is 98.5 Å². The SMILES string of the molecule is CCC[C@@H](COS(=O)(=O)c1ccc(C)cc1)[C@H](O)[C@@H]1OC(C)(C)N(C(=O)OC(C)(C)C)[C@H]1CC1CCCCC1. The Labute approximate surface area is 235 Å². The van der Waals surface area contributed by atoms with Gasteiger partial charge >= 0.3 is 6.09 Å². The van der Waals surface area contributed by atoms with E-state index in [1.165, 1.54) is 18.6 Å². The molecule has 1 aromatic carbocycles. The van der Waals surface area contributed by atoms with E-state index in [2.05, 4.69) is 0 Å². The van der Waals surface area contributed by atoms with Crippen LogP contribution in [0.4, 0.5) is 4.79 Å². The summed E-state index contributed by atoms with van der Waals surface area (Å²) in [4.78, 5) is 15.2. The summed E-state index contributed by atoms with van der Waals surface area (Å²) in [7, 11) is -3.99. The van der Waals surface area contributed by atoms with Crippen LogP contribution in [0.2, 0.25) is 0 Å². The van der Waals surface area contributed by atoms with Crippen LogP contribution in [-0.4, -0.2) is 60.7 Å². The van der Waals surface area contributed by atoms with Crippen molar-refractivity contribution in [3.8, 4) is 0 Å². The average molecular weight is 568 g/mol. The first-order valence-electron chi connectivity index (χ1n) is 14.5. The van der Waals surface area contributed by atoms with Crippen molar-refractivity contribution in [3.05, 3.63) is 29.8 Å². The van der Waals surface area contributed by atoms with E-state index in [1.54, 1.807) is 17.0 Å². The third kappa shape index (κ3) is 8.41. The van der Waals surface area contributed by atoms with E-state index in [0.29, 0.717) is 18.8 Å². The molecule has 222 valence electrons. The van der Waals surface area contributed by atoms with Gasteiger partial charge in [0.15, 0.2) is 0 Å². The van der Waals surface area contributed by atoms with Gasteiger partial charge in [0.2, 0.25) is 0 Å². The molecule has 1 N–H and O–H groups in total. The van der Waals surface area contributed by atoms with Gasteiger partial charge in [0.25, 0.3) is 10.1 Å².